The first-order valence-electron chi connectivity index (χ1n) is 22.4. The Labute approximate surface area is 307 Å². The van der Waals surface area contributed by atoms with Crippen LogP contribution in [0.1, 0.15) is 251 Å². The third-order valence-corrected chi connectivity index (χ3v) is 10.5. The van der Waals surface area contributed by atoms with Crippen LogP contribution in [0.4, 0.5) is 0 Å². The zero-order chi connectivity index (χ0) is 35.7. The molecule has 0 spiro atoms. The molecule has 0 aromatic rings. The molecule has 292 valence electrons. The van der Waals surface area contributed by atoms with E-state index in [2.05, 4.69) is 31.3 Å². The van der Waals surface area contributed by atoms with Crippen LogP contribution in [0.25, 0.3) is 0 Å². The minimum atomic E-state index is -0.657. The Morgan fingerprint density at radius 3 is 1.12 bits per heavy atom. The number of carbonyl (C=O) groups is 1. The van der Waals surface area contributed by atoms with Crippen molar-refractivity contribution >= 4 is 5.91 Å². The number of amides is 1. The van der Waals surface area contributed by atoms with Gasteiger partial charge in [0.05, 0.1) is 18.8 Å². The van der Waals surface area contributed by atoms with E-state index in [4.69, 9.17) is 0 Å². The van der Waals surface area contributed by atoms with E-state index in [1.807, 2.05) is 0 Å². The molecule has 2 atom stereocenters. The normalized spacial score (nSPS) is 13.0. The monoisotopic (exact) mass is 692 g/mol. The Bertz CT molecular complexity index is 666. The average molecular weight is 692 g/mol. The van der Waals surface area contributed by atoms with Crippen LogP contribution >= 0.6 is 0 Å². The van der Waals surface area contributed by atoms with Gasteiger partial charge in [0.15, 0.2) is 0 Å². The maximum atomic E-state index is 12.4. The summed E-state index contributed by atoms with van der Waals surface area (Å²) in [6.45, 7) is 4.37. The van der Waals surface area contributed by atoms with E-state index in [0.29, 0.717) is 12.8 Å². The molecule has 3 N–H and O–H groups in total. The first-order chi connectivity index (χ1) is 24.2. The number of nitrogens with one attached hydrogen (secondary N) is 1. The number of hydrogen-bond acceptors (Lipinski definition) is 3. The van der Waals surface area contributed by atoms with Gasteiger partial charge in [-0.25, -0.2) is 0 Å². The molecular formula is C45H89NO3. The quantitative estimate of drug-likeness (QED) is 0.0441. The summed E-state index contributed by atoms with van der Waals surface area (Å²) in [5.74, 6) is -0.0328. The molecule has 0 bridgehead atoms. The van der Waals surface area contributed by atoms with Crippen molar-refractivity contribution in [2.75, 3.05) is 6.61 Å². The van der Waals surface area contributed by atoms with Crippen LogP contribution in [-0.4, -0.2) is 34.9 Å². The molecule has 0 aromatic heterocycles. The van der Waals surface area contributed by atoms with Crippen LogP contribution in [0.15, 0.2) is 12.2 Å². The van der Waals surface area contributed by atoms with Gasteiger partial charge in [-0.1, -0.05) is 219 Å². The van der Waals surface area contributed by atoms with E-state index in [-0.39, 0.29) is 12.5 Å². The Morgan fingerprint density at radius 1 is 0.469 bits per heavy atom. The minimum Gasteiger partial charge on any atom is -0.394 e. The Balaban J connectivity index is 3.49. The Morgan fingerprint density at radius 2 is 0.776 bits per heavy atom. The molecule has 0 fully saturated rings. The first kappa shape index (κ1) is 48.1. The van der Waals surface area contributed by atoms with Crippen molar-refractivity contribution in [3.05, 3.63) is 12.2 Å². The summed E-state index contributed by atoms with van der Waals surface area (Å²) >= 11 is 0. The van der Waals surface area contributed by atoms with Gasteiger partial charge < -0.3 is 15.5 Å². The van der Waals surface area contributed by atoms with Gasteiger partial charge in [0.1, 0.15) is 0 Å². The van der Waals surface area contributed by atoms with Gasteiger partial charge in [-0.15, -0.1) is 0 Å². The fraction of sp³-hybridized carbons (Fsp3) is 0.933. The number of unbranched alkanes of at least 4 members (excludes halogenated alkanes) is 32. The van der Waals surface area contributed by atoms with E-state index in [9.17, 15) is 15.0 Å². The summed E-state index contributed by atoms with van der Waals surface area (Å²) in [5.41, 5.74) is 0. The van der Waals surface area contributed by atoms with Crippen molar-refractivity contribution in [1.29, 1.82) is 0 Å². The second-order valence-corrected chi connectivity index (χ2v) is 15.5. The zero-order valence-electron chi connectivity index (χ0n) is 33.5. The minimum absolute atomic E-state index is 0.0328. The van der Waals surface area contributed by atoms with Gasteiger partial charge in [0.2, 0.25) is 5.91 Å². The molecule has 1 amide bonds. The molecule has 0 aliphatic carbocycles. The lowest BCUT2D eigenvalue weighted by atomic mass is 10.0. The molecule has 0 radical (unpaired) electrons. The van der Waals surface area contributed by atoms with E-state index in [0.717, 1.165) is 25.7 Å². The molecule has 0 aliphatic heterocycles. The van der Waals surface area contributed by atoms with Gasteiger partial charge in [-0.3, -0.25) is 4.79 Å². The molecule has 0 saturated carbocycles. The van der Waals surface area contributed by atoms with Crippen molar-refractivity contribution in [2.45, 2.75) is 264 Å². The molecule has 0 saturated heterocycles. The highest BCUT2D eigenvalue weighted by Gasteiger charge is 2.20. The van der Waals surface area contributed by atoms with Gasteiger partial charge in [0, 0.05) is 6.42 Å². The summed E-state index contributed by atoms with van der Waals surface area (Å²) in [4.78, 5) is 12.4. The number of rotatable bonds is 41. The van der Waals surface area contributed by atoms with Gasteiger partial charge in [-0.05, 0) is 38.5 Å². The van der Waals surface area contributed by atoms with Gasteiger partial charge in [-0.2, -0.15) is 0 Å². The van der Waals surface area contributed by atoms with Crippen molar-refractivity contribution in [3.8, 4) is 0 Å². The summed E-state index contributed by atoms with van der Waals surface area (Å²) < 4.78 is 0. The number of allylic oxidation sites excluding steroid dienone is 2. The van der Waals surface area contributed by atoms with Crippen LogP contribution in [-0.2, 0) is 4.79 Å². The van der Waals surface area contributed by atoms with Crippen LogP contribution in [0, 0.1) is 0 Å². The molecule has 4 heteroatoms. The molecule has 0 rings (SSSR count). The van der Waals surface area contributed by atoms with Crippen molar-refractivity contribution in [2.24, 2.45) is 0 Å². The van der Waals surface area contributed by atoms with Crippen LogP contribution < -0.4 is 5.32 Å². The molecule has 0 heterocycles. The Hall–Kier alpha value is -0.870. The standard InChI is InChI=1S/C45H89NO3/c1-3-5-7-9-11-13-15-17-19-20-21-22-23-24-25-27-29-31-33-35-37-39-41-45(49)46-43(42-47)44(48)40-38-36-34-32-30-28-26-18-16-14-12-10-8-6-4-2/h23-24,43-44,47-48H,3-22,25-42H2,1-2H3,(H,46,49)/b24-23-. The molecule has 49 heavy (non-hydrogen) atoms. The lowest BCUT2D eigenvalue weighted by Crippen LogP contribution is -2.45. The first-order valence-corrected chi connectivity index (χ1v) is 22.4. The molecule has 0 aliphatic rings. The summed E-state index contributed by atoms with van der Waals surface area (Å²) in [6.07, 6.45) is 51.5. The average Bonchev–Trinajstić information content (AvgIpc) is 3.10. The summed E-state index contributed by atoms with van der Waals surface area (Å²) in [7, 11) is 0. The van der Waals surface area contributed by atoms with Crippen molar-refractivity contribution in [1.82, 2.24) is 5.32 Å². The predicted molar refractivity (Wildman–Crippen MR) is 216 cm³/mol. The zero-order valence-corrected chi connectivity index (χ0v) is 33.5. The van der Waals surface area contributed by atoms with Crippen LogP contribution in [0.5, 0.6) is 0 Å². The summed E-state index contributed by atoms with van der Waals surface area (Å²) in [5, 5.41) is 23.2. The van der Waals surface area contributed by atoms with Gasteiger partial charge in [0.25, 0.3) is 0 Å². The highest BCUT2D eigenvalue weighted by atomic mass is 16.3. The smallest absolute Gasteiger partial charge is 0.220 e. The summed E-state index contributed by atoms with van der Waals surface area (Å²) in [6, 6.07) is -0.534. The third kappa shape index (κ3) is 38.2. The third-order valence-electron chi connectivity index (χ3n) is 10.5. The number of carbonyl (C=O) groups excluding carboxylic acids is 1. The predicted octanol–water partition coefficient (Wildman–Crippen LogP) is 13.9. The van der Waals surface area contributed by atoms with E-state index in [1.165, 1.54) is 199 Å². The topological polar surface area (TPSA) is 69.6 Å². The van der Waals surface area contributed by atoms with Crippen molar-refractivity contribution in [3.63, 3.8) is 0 Å². The fourth-order valence-corrected chi connectivity index (χ4v) is 7.06. The second-order valence-electron chi connectivity index (χ2n) is 15.5. The second kappa shape index (κ2) is 41.5. The molecule has 0 aromatic carbocycles. The van der Waals surface area contributed by atoms with Crippen LogP contribution in [0.3, 0.4) is 0 Å². The van der Waals surface area contributed by atoms with E-state index in [1.54, 1.807) is 0 Å². The molecular weight excluding hydrogens is 602 g/mol. The number of aliphatic hydroxyl groups excluding tert-OH is 2. The maximum Gasteiger partial charge on any atom is 0.220 e. The van der Waals surface area contributed by atoms with Gasteiger partial charge >= 0.3 is 0 Å². The highest BCUT2D eigenvalue weighted by Crippen LogP contribution is 2.16. The number of hydrogen-bond donors (Lipinski definition) is 3. The van der Waals surface area contributed by atoms with Crippen LogP contribution in [0.2, 0.25) is 0 Å². The SMILES string of the molecule is CCCCCCCCCCCCC/C=C\CCCCCCCCCC(=O)NC(CO)C(O)CCCCCCCCCCCCCCCCC. The largest absolute Gasteiger partial charge is 0.394 e. The van der Waals surface area contributed by atoms with E-state index >= 15 is 0 Å². The van der Waals surface area contributed by atoms with Crippen molar-refractivity contribution < 1.29 is 15.0 Å². The molecule has 4 nitrogen and oxygen atoms in total. The number of aliphatic hydroxyl groups is 2. The fourth-order valence-electron chi connectivity index (χ4n) is 7.06. The van der Waals surface area contributed by atoms with E-state index < -0.39 is 12.1 Å². The molecule has 2 unspecified atom stereocenters. The maximum absolute atomic E-state index is 12.4. The Kier molecular flexibility index (Phi) is 40.8. The lowest BCUT2D eigenvalue weighted by Gasteiger charge is -2.22. The highest BCUT2D eigenvalue weighted by molar-refractivity contribution is 5.76. The lowest BCUT2D eigenvalue weighted by molar-refractivity contribution is -0.123.